The molecule has 1 saturated heterocycles. The number of carbonyl (C=O) groups excluding carboxylic acids is 2. The summed E-state index contributed by atoms with van der Waals surface area (Å²) in [6, 6.07) is 7.58. The predicted octanol–water partition coefficient (Wildman–Crippen LogP) is 2.28. The Kier molecular flexibility index (Phi) is 3.65. The van der Waals surface area contributed by atoms with Crippen molar-refractivity contribution in [3.63, 3.8) is 0 Å². The maximum absolute atomic E-state index is 11.8. The summed E-state index contributed by atoms with van der Waals surface area (Å²) < 4.78 is 5.03. The highest BCUT2D eigenvalue weighted by Crippen LogP contribution is 2.24. The van der Waals surface area contributed by atoms with Gasteiger partial charge in [-0.25, -0.2) is 0 Å². The lowest BCUT2D eigenvalue weighted by Crippen LogP contribution is -2.19. The lowest BCUT2D eigenvalue weighted by Gasteiger charge is -2.07. The number of esters is 1. The van der Waals surface area contributed by atoms with Gasteiger partial charge in [0.1, 0.15) is 0 Å². The Morgan fingerprint density at radius 2 is 2.28 bits per heavy atom. The zero-order chi connectivity index (χ0) is 13.1. The van der Waals surface area contributed by atoms with E-state index in [1.807, 2.05) is 38.1 Å². The van der Waals surface area contributed by atoms with Crippen molar-refractivity contribution in [2.45, 2.75) is 32.8 Å². The van der Waals surface area contributed by atoms with Crippen molar-refractivity contribution in [1.82, 2.24) is 0 Å². The van der Waals surface area contributed by atoms with Gasteiger partial charge in [0.25, 0.3) is 0 Å². The molecule has 0 aromatic heterocycles. The van der Waals surface area contributed by atoms with E-state index >= 15 is 0 Å². The number of cyclic esters (lactones) is 1. The zero-order valence-corrected chi connectivity index (χ0v) is 10.6. The molecule has 96 valence electrons. The van der Waals surface area contributed by atoms with Gasteiger partial charge in [0.15, 0.2) is 0 Å². The molecule has 1 N–H and O–H groups in total. The predicted molar refractivity (Wildman–Crippen MR) is 68.1 cm³/mol. The summed E-state index contributed by atoms with van der Waals surface area (Å²) in [5.41, 5.74) is 1.85. The van der Waals surface area contributed by atoms with E-state index < -0.39 is 0 Å². The van der Waals surface area contributed by atoms with Crippen molar-refractivity contribution in [2.75, 3.05) is 5.32 Å². The molecule has 2 rings (SSSR count). The maximum Gasteiger partial charge on any atom is 0.309 e. The van der Waals surface area contributed by atoms with Gasteiger partial charge in [-0.15, -0.1) is 0 Å². The molecule has 0 aliphatic carbocycles. The van der Waals surface area contributed by atoms with Crippen molar-refractivity contribution in [3.8, 4) is 0 Å². The number of nitrogens with one attached hydrogen (secondary N) is 1. The minimum Gasteiger partial charge on any atom is -0.462 e. The van der Waals surface area contributed by atoms with Gasteiger partial charge in [-0.2, -0.15) is 0 Å². The molecule has 1 fully saturated rings. The number of hydrogen-bond acceptors (Lipinski definition) is 3. The second kappa shape index (κ2) is 5.21. The number of aryl methyl sites for hydroxylation is 1. The van der Waals surface area contributed by atoms with Crippen LogP contribution in [0.4, 0.5) is 5.69 Å². The first-order valence-corrected chi connectivity index (χ1v) is 6.11. The Hall–Kier alpha value is -1.84. The molecule has 0 spiro atoms. The largest absolute Gasteiger partial charge is 0.462 e. The SMILES string of the molecule is Cc1cccc(NC(=O)C[C@H]2C[C@H](C)OC2=O)c1. The van der Waals surface area contributed by atoms with Crippen LogP contribution in [0.15, 0.2) is 24.3 Å². The second-order valence-corrected chi connectivity index (χ2v) is 4.80. The number of hydrogen-bond donors (Lipinski definition) is 1. The Labute approximate surface area is 106 Å². The van der Waals surface area contributed by atoms with Crippen molar-refractivity contribution < 1.29 is 14.3 Å². The molecule has 4 nitrogen and oxygen atoms in total. The monoisotopic (exact) mass is 247 g/mol. The third-order valence-corrected chi connectivity index (χ3v) is 3.00. The molecule has 1 amide bonds. The van der Waals surface area contributed by atoms with E-state index in [0.29, 0.717) is 6.42 Å². The Morgan fingerprint density at radius 3 is 2.89 bits per heavy atom. The fraction of sp³-hybridized carbons (Fsp3) is 0.429. The topological polar surface area (TPSA) is 55.4 Å². The smallest absolute Gasteiger partial charge is 0.309 e. The number of amides is 1. The van der Waals surface area contributed by atoms with Crippen LogP contribution in [-0.2, 0) is 14.3 Å². The van der Waals surface area contributed by atoms with Crippen LogP contribution < -0.4 is 5.32 Å². The molecule has 0 unspecified atom stereocenters. The maximum atomic E-state index is 11.8. The van der Waals surface area contributed by atoms with Gasteiger partial charge in [0.2, 0.25) is 5.91 Å². The highest BCUT2D eigenvalue weighted by atomic mass is 16.5. The molecule has 1 aromatic rings. The van der Waals surface area contributed by atoms with Gasteiger partial charge >= 0.3 is 5.97 Å². The lowest BCUT2D eigenvalue weighted by molar-refractivity contribution is -0.144. The summed E-state index contributed by atoms with van der Waals surface area (Å²) in [5.74, 6) is -0.705. The third-order valence-electron chi connectivity index (χ3n) is 3.00. The van der Waals surface area contributed by atoms with Crippen LogP contribution in [0.1, 0.15) is 25.3 Å². The molecule has 2 atom stereocenters. The molecule has 0 bridgehead atoms. The summed E-state index contributed by atoms with van der Waals surface area (Å²) in [7, 11) is 0. The molecule has 1 heterocycles. The molecule has 1 aliphatic rings. The van der Waals surface area contributed by atoms with Crippen LogP contribution in [0, 0.1) is 12.8 Å². The van der Waals surface area contributed by atoms with Gasteiger partial charge < -0.3 is 10.1 Å². The fourth-order valence-corrected chi connectivity index (χ4v) is 2.16. The molecule has 1 aliphatic heterocycles. The highest BCUT2D eigenvalue weighted by molar-refractivity contribution is 5.93. The Bertz CT molecular complexity index is 470. The van der Waals surface area contributed by atoms with Gasteiger partial charge in [-0.05, 0) is 38.0 Å². The van der Waals surface area contributed by atoms with Crippen molar-refractivity contribution in [1.29, 1.82) is 0 Å². The van der Waals surface area contributed by atoms with E-state index in [2.05, 4.69) is 5.32 Å². The molecule has 0 saturated carbocycles. The molecular weight excluding hydrogens is 230 g/mol. The highest BCUT2D eigenvalue weighted by Gasteiger charge is 2.33. The second-order valence-electron chi connectivity index (χ2n) is 4.80. The minimum absolute atomic E-state index is 0.0748. The Balaban J connectivity index is 1.91. The summed E-state index contributed by atoms with van der Waals surface area (Å²) >= 11 is 0. The zero-order valence-electron chi connectivity index (χ0n) is 10.6. The van der Waals surface area contributed by atoms with E-state index in [4.69, 9.17) is 4.74 Å². The van der Waals surface area contributed by atoms with Crippen LogP contribution in [0.5, 0.6) is 0 Å². The number of rotatable bonds is 3. The quantitative estimate of drug-likeness (QED) is 0.834. The number of carbonyl (C=O) groups is 2. The van der Waals surface area contributed by atoms with Gasteiger partial charge in [-0.3, -0.25) is 9.59 Å². The molecule has 0 radical (unpaired) electrons. The van der Waals surface area contributed by atoms with Crippen LogP contribution >= 0.6 is 0 Å². The first-order chi connectivity index (χ1) is 8.54. The van der Waals surface area contributed by atoms with E-state index in [9.17, 15) is 9.59 Å². The molecule has 4 heteroatoms. The van der Waals surface area contributed by atoms with Crippen LogP contribution in [0.2, 0.25) is 0 Å². The molecule has 1 aromatic carbocycles. The first-order valence-electron chi connectivity index (χ1n) is 6.11. The van der Waals surface area contributed by atoms with Crippen LogP contribution in [-0.4, -0.2) is 18.0 Å². The normalized spacial score (nSPS) is 22.7. The van der Waals surface area contributed by atoms with E-state index in [-0.39, 0.29) is 30.3 Å². The Morgan fingerprint density at radius 1 is 1.50 bits per heavy atom. The molecular formula is C14H17NO3. The van der Waals surface area contributed by atoms with E-state index in [1.54, 1.807) is 0 Å². The summed E-state index contributed by atoms with van der Waals surface area (Å²) in [6.45, 7) is 3.81. The number of ether oxygens (including phenoxy) is 1. The first kappa shape index (κ1) is 12.6. The van der Waals surface area contributed by atoms with Crippen molar-refractivity contribution >= 4 is 17.6 Å². The van der Waals surface area contributed by atoms with Gasteiger partial charge in [-0.1, -0.05) is 12.1 Å². The van der Waals surface area contributed by atoms with Crippen molar-refractivity contribution in [2.24, 2.45) is 5.92 Å². The third kappa shape index (κ3) is 3.09. The van der Waals surface area contributed by atoms with E-state index in [1.165, 1.54) is 0 Å². The standard InChI is InChI=1S/C14H17NO3/c1-9-4-3-5-12(6-9)15-13(16)8-11-7-10(2)18-14(11)17/h3-6,10-11H,7-8H2,1-2H3,(H,15,16)/t10-,11+/m0/s1. The molecule has 18 heavy (non-hydrogen) atoms. The van der Waals surface area contributed by atoms with Crippen molar-refractivity contribution in [3.05, 3.63) is 29.8 Å². The average Bonchev–Trinajstić information content (AvgIpc) is 2.57. The minimum atomic E-state index is -0.301. The van der Waals surface area contributed by atoms with Gasteiger partial charge in [0.05, 0.1) is 12.0 Å². The fourth-order valence-electron chi connectivity index (χ4n) is 2.16. The van der Waals surface area contributed by atoms with E-state index in [0.717, 1.165) is 11.3 Å². The number of anilines is 1. The lowest BCUT2D eigenvalue weighted by atomic mass is 10.0. The summed E-state index contributed by atoms with van der Waals surface area (Å²) in [5, 5.41) is 2.80. The summed E-state index contributed by atoms with van der Waals surface area (Å²) in [6.07, 6.45) is 0.742. The van der Waals surface area contributed by atoms with Gasteiger partial charge in [0, 0.05) is 12.1 Å². The summed E-state index contributed by atoms with van der Waals surface area (Å²) in [4.78, 5) is 23.2. The number of benzene rings is 1. The van der Waals surface area contributed by atoms with Crippen LogP contribution in [0.25, 0.3) is 0 Å². The van der Waals surface area contributed by atoms with Crippen LogP contribution in [0.3, 0.4) is 0 Å². The average molecular weight is 247 g/mol.